The molecule has 1 unspecified atom stereocenters. The maximum atomic E-state index is 13.0. The molecule has 0 bridgehead atoms. The molecule has 0 radical (unpaired) electrons. The number of hydrogen-bond acceptors (Lipinski definition) is 7. The number of ether oxygens (including phenoxy) is 2. The fourth-order valence-corrected chi connectivity index (χ4v) is 3.65. The average Bonchev–Trinajstić information content (AvgIpc) is 2.82. The molecule has 1 atom stereocenters. The number of ketones is 1. The van der Waals surface area contributed by atoms with Crippen LogP contribution < -0.4 is 10.1 Å². The summed E-state index contributed by atoms with van der Waals surface area (Å²) in [6.45, 7) is 5.08. The van der Waals surface area contributed by atoms with E-state index >= 15 is 0 Å². The van der Waals surface area contributed by atoms with Crippen molar-refractivity contribution in [3.63, 3.8) is 0 Å². The summed E-state index contributed by atoms with van der Waals surface area (Å²) in [6.07, 6.45) is 0. The molecule has 0 spiro atoms. The molecule has 1 aliphatic heterocycles. The number of rotatable bonds is 9. The molecule has 0 saturated carbocycles. The Hall–Kier alpha value is -4.21. The molecule has 2 amide bonds. The maximum absolute atomic E-state index is 13.0. The van der Waals surface area contributed by atoms with Gasteiger partial charge in [0.2, 0.25) is 0 Å². The second kappa shape index (κ2) is 10.6. The molecular weight excluding hydrogens is 442 g/mol. The lowest BCUT2D eigenvalue weighted by atomic mass is 9.94. The van der Waals surface area contributed by atoms with Crippen LogP contribution in [0.4, 0.5) is 10.5 Å². The van der Waals surface area contributed by atoms with Crippen molar-refractivity contribution < 1.29 is 28.8 Å². The minimum Gasteiger partial charge on any atom is -0.487 e. The summed E-state index contributed by atoms with van der Waals surface area (Å²) in [6, 6.07) is 10.8. The van der Waals surface area contributed by atoms with Crippen molar-refractivity contribution in [1.82, 2.24) is 10.2 Å². The highest BCUT2D eigenvalue weighted by Crippen LogP contribution is 2.33. The highest BCUT2D eigenvalue weighted by atomic mass is 16.6. The molecule has 1 heterocycles. The molecule has 1 N–H and O–H groups in total. The Labute approximate surface area is 196 Å². The average molecular weight is 467 g/mol. The maximum Gasteiger partial charge on any atom is 0.338 e. The van der Waals surface area contributed by atoms with Crippen molar-refractivity contribution in [3.8, 4) is 5.75 Å². The number of amides is 2. The van der Waals surface area contributed by atoms with E-state index in [-0.39, 0.29) is 42.5 Å². The highest BCUT2D eigenvalue weighted by molar-refractivity contribution is 5.95. The summed E-state index contributed by atoms with van der Waals surface area (Å²) < 4.78 is 11.1. The SMILES string of the molecule is CCOC(=O)C1=C(COc2ccc(C(C)=O)cc2)N(CC)C(=O)NC1c1cccc([N+](=O)[O-])c1. The lowest BCUT2D eigenvalue weighted by Gasteiger charge is -2.36. The molecule has 0 aromatic heterocycles. The largest absolute Gasteiger partial charge is 0.487 e. The normalized spacial score (nSPS) is 15.6. The van der Waals surface area contributed by atoms with Crippen molar-refractivity contribution >= 4 is 23.5 Å². The molecule has 1 aliphatic rings. The number of Topliss-reactive ketones (excluding diaryl/α,β-unsaturated/α-hetero) is 1. The minimum atomic E-state index is -0.965. The zero-order chi connectivity index (χ0) is 24.8. The Morgan fingerprint density at radius 1 is 1.15 bits per heavy atom. The van der Waals surface area contributed by atoms with E-state index in [1.54, 1.807) is 44.2 Å². The molecular formula is C24H25N3O7. The predicted octanol–water partition coefficient (Wildman–Crippen LogP) is 3.78. The van der Waals surface area contributed by atoms with Crippen LogP contribution in [0.5, 0.6) is 5.75 Å². The molecule has 10 nitrogen and oxygen atoms in total. The summed E-state index contributed by atoms with van der Waals surface area (Å²) in [5.74, 6) is -0.308. The summed E-state index contributed by atoms with van der Waals surface area (Å²) in [4.78, 5) is 49.5. The van der Waals surface area contributed by atoms with Gasteiger partial charge in [-0.05, 0) is 50.6 Å². The van der Waals surface area contributed by atoms with Crippen LogP contribution in [0.15, 0.2) is 59.8 Å². The van der Waals surface area contributed by atoms with E-state index in [1.807, 2.05) is 0 Å². The Morgan fingerprint density at radius 3 is 2.44 bits per heavy atom. The number of carbonyl (C=O) groups excluding carboxylic acids is 3. The van der Waals surface area contributed by atoms with Crippen LogP contribution in [0.1, 0.15) is 42.7 Å². The molecule has 2 aromatic rings. The lowest BCUT2D eigenvalue weighted by Crippen LogP contribution is -2.49. The van der Waals surface area contributed by atoms with Crippen molar-refractivity contribution in [3.05, 3.63) is 81.0 Å². The van der Waals surface area contributed by atoms with E-state index in [1.165, 1.54) is 30.0 Å². The second-order valence-corrected chi connectivity index (χ2v) is 7.43. The van der Waals surface area contributed by atoms with Crippen LogP contribution in [0.2, 0.25) is 0 Å². The number of esters is 1. The molecule has 3 rings (SSSR count). The Kier molecular flexibility index (Phi) is 7.62. The number of nitro benzene ring substituents is 1. The van der Waals surface area contributed by atoms with Gasteiger partial charge in [0.1, 0.15) is 12.4 Å². The number of urea groups is 1. The number of hydrogen-bond donors (Lipinski definition) is 1. The molecule has 10 heteroatoms. The molecule has 34 heavy (non-hydrogen) atoms. The number of nitrogens with zero attached hydrogens (tertiary/aromatic N) is 2. The zero-order valence-corrected chi connectivity index (χ0v) is 19.1. The molecule has 0 aliphatic carbocycles. The van der Waals surface area contributed by atoms with Gasteiger partial charge in [0.15, 0.2) is 5.78 Å². The van der Waals surface area contributed by atoms with E-state index in [0.29, 0.717) is 16.9 Å². The van der Waals surface area contributed by atoms with Gasteiger partial charge in [-0.3, -0.25) is 19.8 Å². The topological polar surface area (TPSA) is 128 Å². The monoisotopic (exact) mass is 467 g/mol. The molecule has 178 valence electrons. The molecule has 0 saturated heterocycles. The van der Waals surface area contributed by atoms with Crippen molar-refractivity contribution in [2.24, 2.45) is 0 Å². The standard InChI is InChI=1S/C24H25N3O7/c1-4-26-20(14-34-19-11-9-16(10-12-19)15(3)28)21(23(29)33-5-2)22(25-24(26)30)17-7-6-8-18(13-17)27(31)32/h6-13,22H,4-5,14H2,1-3H3,(H,25,30). The van der Waals surface area contributed by atoms with Gasteiger partial charge in [-0.25, -0.2) is 9.59 Å². The van der Waals surface area contributed by atoms with Crippen molar-refractivity contribution in [1.29, 1.82) is 0 Å². The quantitative estimate of drug-likeness (QED) is 0.257. The number of nitrogens with one attached hydrogen (secondary N) is 1. The minimum absolute atomic E-state index is 0.0836. The van der Waals surface area contributed by atoms with Crippen LogP contribution >= 0.6 is 0 Å². The van der Waals surface area contributed by atoms with Crippen LogP contribution in [-0.2, 0) is 9.53 Å². The zero-order valence-electron chi connectivity index (χ0n) is 19.1. The first-order valence-corrected chi connectivity index (χ1v) is 10.7. The lowest BCUT2D eigenvalue weighted by molar-refractivity contribution is -0.384. The highest BCUT2D eigenvalue weighted by Gasteiger charge is 2.38. The number of non-ortho nitro benzene ring substituents is 1. The van der Waals surface area contributed by atoms with Gasteiger partial charge in [-0.15, -0.1) is 0 Å². The smallest absolute Gasteiger partial charge is 0.338 e. The van der Waals surface area contributed by atoms with Gasteiger partial charge in [0.25, 0.3) is 5.69 Å². The summed E-state index contributed by atoms with van der Waals surface area (Å²) in [5, 5.41) is 14.0. The van der Waals surface area contributed by atoms with Crippen LogP contribution in [0.25, 0.3) is 0 Å². The van der Waals surface area contributed by atoms with E-state index in [4.69, 9.17) is 9.47 Å². The van der Waals surface area contributed by atoms with Gasteiger partial charge < -0.3 is 14.8 Å². The van der Waals surface area contributed by atoms with E-state index in [0.717, 1.165) is 0 Å². The van der Waals surface area contributed by atoms with Crippen LogP contribution in [0, 0.1) is 10.1 Å². The van der Waals surface area contributed by atoms with Crippen molar-refractivity contribution in [2.75, 3.05) is 19.8 Å². The molecule has 0 fully saturated rings. The van der Waals surface area contributed by atoms with Gasteiger partial charge in [-0.1, -0.05) is 12.1 Å². The van der Waals surface area contributed by atoms with Crippen molar-refractivity contribution in [2.45, 2.75) is 26.8 Å². The van der Waals surface area contributed by atoms with Crippen LogP contribution in [0.3, 0.4) is 0 Å². The van der Waals surface area contributed by atoms with Gasteiger partial charge in [-0.2, -0.15) is 0 Å². The molecule has 2 aromatic carbocycles. The fourth-order valence-electron chi connectivity index (χ4n) is 3.65. The Balaban J connectivity index is 2.05. The van der Waals surface area contributed by atoms with E-state index < -0.39 is 23.0 Å². The predicted molar refractivity (Wildman–Crippen MR) is 122 cm³/mol. The number of benzene rings is 2. The Morgan fingerprint density at radius 2 is 1.85 bits per heavy atom. The van der Waals surface area contributed by atoms with Crippen LogP contribution in [-0.4, -0.2) is 47.4 Å². The number of nitro groups is 1. The second-order valence-electron chi connectivity index (χ2n) is 7.43. The third kappa shape index (κ3) is 5.22. The van der Waals surface area contributed by atoms with E-state index in [2.05, 4.69) is 5.32 Å². The fraction of sp³-hybridized carbons (Fsp3) is 0.292. The van der Waals surface area contributed by atoms with Gasteiger partial charge in [0, 0.05) is 24.2 Å². The summed E-state index contributed by atoms with van der Waals surface area (Å²) in [5.41, 5.74) is 1.14. The van der Waals surface area contributed by atoms with E-state index in [9.17, 15) is 24.5 Å². The third-order valence-electron chi connectivity index (χ3n) is 5.30. The Bertz CT molecular complexity index is 1140. The number of likely N-dealkylation sites (N-methyl/N-ethyl adjacent to an activating group) is 1. The summed E-state index contributed by atoms with van der Waals surface area (Å²) >= 11 is 0. The first kappa shape index (κ1) is 24.4. The van der Waals surface area contributed by atoms with Gasteiger partial charge >= 0.3 is 12.0 Å². The third-order valence-corrected chi connectivity index (χ3v) is 5.30. The summed E-state index contributed by atoms with van der Waals surface area (Å²) in [7, 11) is 0. The van der Waals surface area contributed by atoms with Gasteiger partial charge in [0.05, 0.1) is 28.8 Å². The number of carbonyl (C=O) groups is 3. The first-order chi connectivity index (χ1) is 16.3. The first-order valence-electron chi connectivity index (χ1n) is 10.7.